The van der Waals surface area contributed by atoms with Crippen molar-refractivity contribution in [1.82, 2.24) is 0 Å². The van der Waals surface area contributed by atoms with Crippen LogP contribution in [0.2, 0.25) is 0 Å². The SMILES string of the molecule is C[C@H]1CCCN(c2c([N+](=O)[O-])ccc(Oc3ccccc3)c2C2CC2)C1. The first kappa shape index (κ1) is 16.9. The van der Waals surface area contributed by atoms with Crippen molar-refractivity contribution in [3.05, 3.63) is 58.1 Å². The Morgan fingerprint density at radius 3 is 2.54 bits per heavy atom. The first-order valence-corrected chi connectivity index (χ1v) is 9.42. The van der Waals surface area contributed by atoms with Gasteiger partial charge in [0.25, 0.3) is 5.69 Å². The van der Waals surface area contributed by atoms with Crippen LogP contribution >= 0.6 is 0 Å². The quantitative estimate of drug-likeness (QED) is 0.526. The Bertz CT molecular complexity index is 802. The lowest BCUT2D eigenvalue weighted by atomic mass is 9.97. The van der Waals surface area contributed by atoms with Crippen molar-refractivity contribution in [2.24, 2.45) is 5.92 Å². The van der Waals surface area contributed by atoms with E-state index in [9.17, 15) is 10.1 Å². The summed E-state index contributed by atoms with van der Waals surface area (Å²) in [5.41, 5.74) is 2.02. The fourth-order valence-corrected chi connectivity index (χ4v) is 3.92. The molecule has 2 aromatic carbocycles. The number of nitrogens with zero attached hydrogens (tertiary/aromatic N) is 2. The van der Waals surface area contributed by atoms with Gasteiger partial charge in [-0.05, 0) is 55.7 Å². The van der Waals surface area contributed by atoms with Gasteiger partial charge in [-0.1, -0.05) is 25.1 Å². The predicted octanol–water partition coefficient (Wildman–Crippen LogP) is 5.50. The van der Waals surface area contributed by atoms with Gasteiger partial charge in [0.1, 0.15) is 17.2 Å². The standard InChI is InChI=1S/C21H24N2O3/c1-15-6-5-13-22(14-15)21-18(23(24)25)11-12-19(20(21)16-9-10-16)26-17-7-3-2-4-8-17/h2-4,7-8,11-12,15-16H,5-6,9-10,13-14H2,1H3/t15-/m0/s1. The molecule has 5 nitrogen and oxygen atoms in total. The number of para-hydroxylation sites is 1. The van der Waals surface area contributed by atoms with Crippen molar-refractivity contribution in [2.75, 3.05) is 18.0 Å². The molecular formula is C21H24N2O3. The van der Waals surface area contributed by atoms with Gasteiger partial charge in [0, 0.05) is 24.7 Å². The van der Waals surface area contributed by atoms with E-state index < -0.39 is 0 Å². The van der Waals surface area contributed by atoms with Crippen LogP contribution in [0.5, 0.6) is 11.5 Å². The molecule has 136 valence electrons. The van der Waals surface area contributed by atoms with E-state index in [1.807, 2.05) is 30.3 Å². The molecule has 0 aromatic heterocycles. The molecule has 0 bridgehead atoms. The molecule has 1 atom stereocenters. The Morgan fingerprint density at radius 1 is 1.12 bits per heavy atom. The molecule has 0 unspecified atom stereocenters. The maximum absolute atomic E-state index is 11.7. The maximum Gasteiger partial charge on any atom is 0.293 e. The zero-order chi connectivity index (χ0) is 18.1. The molecule has 1 saturated heterocycles. The average molecular weight is 352 g/mol. The topological polar surface area (TPSA) is 55.6 Å². The van der Waals surface area contributed by atoms with Crippen molar-refractivity contribution in [3.8, 4) is 11.5 Å². The largest absolute Gasteiger partial charge is 0.457 e. The van der Waals surface area contributed by atoms with E-state index in [1.165, 1.54) is 6.42 Å². The number of hydrogen-bond donors (Lipinski definition) is 0. The second-order valence-corrected chi connectivity index (χ2v) is 7.49. The van der Waals surface area contributed by atoms with E-state index in [1.54, 1.807) is 12.1 Å². The van der Waals surface area contributed by atoms with Crippen LogP contribution in [0.3, 0.4) is 0 Å². The first-order valence-electron chi connectivity index (χ1n) is 9.42. The van der Waals surface area contributed by atoms with Crippen LogP contribution in [0.4, 0.5) is 11.4 Å². The lowest BCUT2D eigenvalue weighted by Gasteiger charge is -2.34. The van der Waals surface area contributed by atoms with E-state index in [2.05, 4.69) is 11.8 Å². The van der Waals surface area contributed by atoms with Gasteiger partial charge in [0.05, 0.1) is 4.92 Å². The lowest BCUT2D eigenvalue weighted by molar-refractivity contribution is -0.384. The number of benzene rings is 2. The summed E-state index contributed by atoms with van der Waals surface area (Å²) in [6, 6.07) is 13.0. The number of hydrogen-bond acceptors (Lipinski definition) is 4. The second-order valence-electron chi connectivity index (χ2n) is 7.49. The molecule has 1 aliphatic carbocycles. The molecule has 4 rings (SSSR count). The smallest absolute Gasteiger partial charge is 0.293 e. The summed E-state index contributed by atoms with van der Waals surface area (Å²) in [6.45, 7) is 3.97. The molecule has 0 amide bonds. The number of anilines is 1. The Morgan fingerprint density at radius 2 is 1.88 bits per heavy atom. The van der Waals surface area contributed by atoms with Crippen molar-refractivity contribution in [1.29, 1.82) is 0 Å². The van der Waals surface area contributed by atoms with E-state index in [0.29, 0.717) is 11.8 Å². The fraction of sp³-hybridized carbons (Fsp3) is 0.429. The Hall–Kier alpha value is -2.56. The molecule has 1 heterocycles. The molecule has 2 aliphatic rings. The molecule has 0 radical (unpaired) electrons. The highest BCUT2D eigenvalue weighted by Gasteiger charge is 2.36. The molecule has 2 fully saturated rings. The molecule has 26 heavy (non-hydrogen) atoms. The number of nitro benzene ring substituents is 1. The zero-order valence-electron chi connectivity index (χ0n) is 15.1. The number of rotatable bonds is 5. The van der Waals surface area contributed by atoms with E-state index in [4.69, 9.17) is 4.74 Å². The van der Waals surface area contributed by atoms with Gasteiger partial charge in [0.2, 0.25) is 0 Å². The minimum atomic E-state index is -0.243. The lowest BCUT2D eigenvalue weighted by Crippen LogP contribution is -2.35. The summed E-state index contributed by atoms with van der Waals surface area (Å²) in [4.78, 5) is 13.7. The van der Waals surface area contributed by atoms with Crippen molar-refractivity contribution >= 4 is 11.4 Å². The molecule has 5 heteroatoms. The predicted molar refractivity (Wildman–Crippen MR) is 102 cm³/mol. The summed E-state index contributed by atoms with van der Waals surface area (Å²) in [6.07, 6.45) is 4.40. The summed E-state index contributed by atoms with van der Waals surface area (Å²) < 4.78 is 6.15. The highest BCUT2D eigenvalue weighted by atomic mass is 16.6. The minimum Gasteiger partial charge on any atom is -0.457 e. The van der Waals surface area contributed by atoms with Crippen LogP contribution in [0.15, 0.2) is 42.5 Å². The van der Waals surface area contributed by atoms with Gasteiger partial charge in [-0.3, -0.25) is 10.1 Å². The van der Waals surface area contributed by atoms with Crippen LogP contribution in [-0.2, 0) is 0 Å². The first-order chi connectivity index (χ1) is 12.6. The van der Waals surface area contributed by atoms with Gasteiger partial charge in [0.15, 0.2) is 0 Å². The van der Waals surface area contributed by atoms with Crippen LogP contribution < -0.4 is 9.64 Å². The van der Waals surface area contributed by atoms with Gasteiger partial charge in [-0.15, -0.1) is 0 Å². The maximum atomic E-state index is 11.7. The highest BCUT2D eigenvalue weighted by Crippen LogP contribution is 2.52. The normalized spacial score (nSPS) is 20.0. The summed E-state index contributed by atoms with van der Waals surface area (Å²) >= 11 is 0. The van der Waals surface area contributed by atoms with Crippen LogP contribution in [0.25, 0.3) is 0 Å². The number of piperidine rings is 1. The van der Waals surface area contributed by atoms with E-state index in [0.717, 1.165) is 55.1 Å². The van der Waals surface area contributed by atoms with Gasteiger partial charge in [-0.2, -0.15) is 0 Å². The molecule has 0 N–H and O–H groups in total. The Balaban J connectivity index is 1.80. The Labute approximate surface area is 153 Å². The fourth-order valence-electron chi connectivity index (χ4n) is 3.92. The zero-order valence-corrected chi connectivity index (χ0v) is 15.1. The molecule has 0 spiro atoms. The summed E-state index contributed by atoms with van der Waals surface area (Å²) in [5, 5.41) is 11.7. The highest BCUT2D eigenvalue weighted by molar-refractivity contribution is 5.74. The monoisotopic (exact) mass is 352 g/mol. The third kappa shape index (κ3) is 3.39. The van der Waals surface area contributed by atoms with Gasteiger partial charge in [-0.25, -0.2) is 0 Å². The van der Waals surface area contributed by atoms with Gasteiger partial charge < -0.3 is 9.64 Å². The summed E-state index contributed by atoms with van der Waals surface area (Å²) in [5.74, 6) is 2.44. The van der Waals surface area contributed by atoms with Crippen molar-refractivity contribution in [3.63, 3.8) is 0 Å². The number of nitro groups is 1. The molecular weight excluding hydrogens is 328 g/mol. The number of ether oxygens (including phenoxy) is 1. The third-order valence-corrected chi connectivity index (χ3v) is 5.28. The summed E-state index contributed by atoms with van der Waals surface area (Å²) in [7, 11) is 0. The molecule has 1 saturated carbocycles. The second kappa shape index (κ2) is 6.98. The van der Waals surface area contributed by atoms with Crippen molar-refractivity contribution < 1.29 is 9.66 Å². The third-order valence-electron chi connectivity index (χ3n) is 5.28. The average Bonchev–Trinajstić information content (AvgIpc) is 3.47. The van der Waals surface area contributed by atoms with E-state index >= 15 is 0 Å². The van der Waals surface area contributed by atoms with Crippen LogP contribution in [0.1, 0.15) is 44.1 Å². The van der Waals surface area contributed by atoms with Crippen LogP contribution in [-0.4, -0.2) is 18.0 Å². The van der Waals surface area contributed by atoms with Crippen LogP contribution in [0, 0.1) is 16.0 Å². The van der Waals surface area contributed by atoms with Crippen molar-refractivity contribution in [2.45, 2.75) is 38.5 Å². The minimum absolute atomic E-state index is 0.210. The molecule has 2 aromatic rings. The molecule has 1 aliphatic heterocycles. The van der Waals surface area contributed by atoms with E-state index in [-0.39, 0.29) is 10.6 Å². The van der Waals surface area contributed by atoms with Gasteiger partial charge >= 0.3 is 0 Å². The Kier molecular flexibility index (Phi) is 4.53.